The Hall–Kier alpha value is -3.37. The monoisotopic (exact) mass is 447 g/mol. The fourth-order valence-electron chi connectivity index (χ4n) is 3.13. The van der Waals surface area contributed by atoms with Crippen molar-refractivity contribution >= 4 is 16.7 Å². The second kappa shape index (κ2) is 7.71. The van der Waals surface area contributed by atoms with E-state index in [1.807, 2.05) is 0 Å². The summed E-state index contributed by atoms with van der Waals surface area (Å²) in [6.07, 6.45) is -10.4. The summed E-state index contributed by atoms with van der Waals surface area (Å²) in [4.78, 5) is 15.9. The van der Waals surface area contributed by atoms with Crippen LogP contribution in [0.15, 0.2) is 36.4 Å². The summed E-state index contributed by atoms with van der Waals surface area (Å²) in [7, 11) is 1.17. The third-order valence-electron chi connectivity index (χ3n) is 4.31. The molecule has 2 aromatic carbocycles. The molecule has 164 valence electrons. The van der Waals surface area contributed by atoms with Crippen molar-refractivity contribution in [1.29, 1.82) is 0 Å². The summed E-state index contributed by atoms with van der Waals surface area (Å²) in [5.41, 5.74) is -2.47. The molecule has 0 amide bonds. The van der Waals surface area contributed by atoms with Crippen LogP contribution in [0.2, 0.25) is 0 Å². The maximum absolute atomic E-state index is 14.3. The molecule has 0 radical (unpaired) electrons. The zero-order chi connectivity index (χ0) is 23.1. The van der Waals surface area contributed by atoms with Crippen LogP contribution in [0, 0.1) is 12.7 Å². The Bertz CT molecular complexity index is 1170. The van der Waals surface area contributed by atoms with Crippen molar-refractivity contribution < 1.29 is 45.0 Å². The first-order chi connectivity index (χ1) is 14.3. The van der Waals surface area contributed by atoms with E-state index in [9.17, 15) is 35.5 Å². The molecule has 0 N–H and O–H groups in total. The standard InChI is InChI=1S/C20H12F7NO3/c1-9-15(18(29)19(22,23)24)16(10-6-7-13(30-2)12(21)8-10)11-4-3-5-14(17(11)28-9)31-20(25,26)27/h3-8H,1-2H3. The summed E-state index contributed by atoms with van der Waals surface area (Å²) < 4.78 is 101. The van der Waals surface area contributed by atoms with Crippen molar-refractivity contribution in [2.45, 2.75) is 19.5 Å². The smallest absolute Gasteiger partial charge is 0.494 e. The molecule has 11 heteroatoms. The SMILES string of the molecule is COc1ccc(-c2c(C(=O)C(F)(F)F)c(C)nc3c(OC(F)(F)F)cccc23)cc1F. The van der Waals surface area contributed by atoms with Gasteiger partial charge < -0.3 is 9.47 Å². The number of rotatable bonds is 4. The molecule has 4 nitrogen and oxygen atoms in total. The highest BCUT2D eigenvalue weighted by molar-refractivity contribution is 6.13. The van der Waals surface area contributed by atoms with Gasteiger partial charge in [0.1, 0.15) is 5.52 Å². The second-order valence-corrected chi connectivity index (χ2v) is 6.32. The lowest BCUT2D eigenvalue weighted by atomic mass is 9.91. The second-order valence-electron chi connectivity index (χ2n) is 6.32. The number of ketones is 1. The Kier molecular flexibility index (Phi) is 5.55. The number of nitrogens with zero attached hydrogens (tertiary/aromatic N) is 1. The number of carbonyl (C=O) groups is 1. The molecule has 0 bridgehead atoms. The van der Waals surface area contributed by atoms with Crippen LogP contribution in [-0.2, 0) is 0 Å². The minimum Gasteiger partial charge on any atom is -0.494 e. The number of benzene rings is 2. The highest BCUT2D eigenvalue weighted by atomic mass is 19.4. The molecule has 0 atom stereocenters. The van der Waals surface area contributed by atoms with E-state index < -0.39 is 52.2 Å². The molecule has 0 aliphatic heterocycles. The van der Waals surface area contributed by atoms with Gasteiger partial charge in [-0.25, -0.2) is 9.37 Å². The minimum atomic E-state index is -5.31. The summed E-state index contributed by atoms with van der Waals surface area (Å²) in [5.74, 6) is -4.22. The highest BCUT2D eigenvalue weighted by Crippen LogP contribution is 2.40. The van der Waals surface area contributed by atoms with Crippen LogP contribution >= 0.6 is 0 Å². The number of alkyl halides is 6. The first-order valence-electron chi connectivity index (χ1n) is 8.48. The van der Waals surface area contributed by atoms with Gasteiger partial charge in [-0.1, -0.05) is 18.2 Å². The van der Waals surface area contributed by atoms with Gasteiger partial charge in [-0.15, -0.1) is 13.2 Å². The van der Waals surface area contributed by atoms with Gasteiger partial charge in [0.15, 0.2) is 17.3 Å². The molecule has 0 saturated carbocycles. The molecule has 1 heterocycles. The lowest BCUT2D eigenvalue weighted by Crippen LogP contribution is -2.25. The summed E-state index contributed by atoms with van der Waals surface area (Å²) in [6, 6.07) is 6.29. The number of carbonyl (C=O) groups excluding carboxylic acids is 1. The molecule has 0 fully saturated rings. The van der Waals surface area contributed by atoms with Crippen molar-refractivity contribution in [2.24, 2.45) is 0 Å². The van der Waals surface area contributed by atoms with Crippen molar-refractivity contribution in [2.75, 3.05) is 7.11 Å². The van der Waals surface area contributed by atoms with Crippen molar-refractivity contribution in [3.05, 3.63) is 53.5 Å². The number of Topliss-reactive ketones (excluding diaryl/α,β-unsaturated/α-hetero) is 1. The molecule has 3 aromatic rings. The average molecular weight is 447 g/mol. The van der Waals surface area contributed by atoms with Crippen molar-refractivity contribution in [3.8, 4) is 22.6 Å². The number of aryl methyl sites for hydroxylation is 1. The van der Waals surface area contributed by atoms with Gasteiger partial charge >= 0.3 is 12.5 Å². The van der Waals surface area contributed by atoms with Crippen LogP contribution in [0.25, 0.3) is 22.0 Å². The van der Waals surface area contributed by atoms with E-state index in [4.69, 9.17) is 4.74 Å². The number of para-hydroxylation sites is 1. The van der Waals surface area contributed by atoms with Crippen LogP contribution in [0.4, 0.5) is 30.7 Å². The molecule has 0 spiro atoms. The number of pyridine rings is 1. The number of methoxy groups -OCH3 is 1. The maximum Gasteiger partial charge on any atom is 0.573 e. The Labute approximate surface area is 170 Å². The van der Waals surface area contributed by atoms with Crippen LogP contribution < -0.4 is 9.47 Å². The van der Waals surface area contributed by atoms with Gasteiger partial charge in [-0.3, -0.25) is 4.79 Å². The van der Waals surface area contributed by atoms with Gasteiger partial charge in [0.25, 0.3) is 5.78 Å². The van der Waals surface area contributed by atoms with E-state index >= 15 is 0 Å². The van der Waals surface area contributed by atoms with E-state index in [0.717, 1.165) is 37.3 Å². The molecule has 0 saturated heterocycles. The van der Waals surface area contributed by atoms with Gasteiger partial charge in [-0.05, 0) is 30.7 Å². The van der Waals surface area contributed by atoms with Crippen LogP contribution in [0.3, 0.4) is 0 Å². The third-order valence-corrected chi connectivity index (χ3v) is 4.31. The first-order valence-corrected chi connectivity index (χ1v) is 8.48. The van der Waals surface area contributed by atoms with E-state index in [0.29, 0.717) is 0 Å². The molecule has 31 heavy (non-hydrogen) atoms. The fourth-order valence-corrected chi connectivity index (χ4v) is 3.13. The van der Waals surface area contributed by atoms with Gasteiger partial charge in [-0.2, -0.15) is 13.2 Å². The van der Waals surface area contributed by atoms with E-state index in [2.05, 4.69) is 9.72 Å². The average Bonchev–Trinajstić information content (AvgIpc) is 2.65. The fraction of sp³-hybridized carbons (Fsp3) is 0.200. The Morgan fingerprint density at radius 2 is 1.68 bits per heavy atom. The lowest BCUT2D eigenvalue weighted by molar-refractivity contribution is -0.274. The number of fused-ring (bicyclic) bond motifs is 1. The van der Waals surface area contributed by atoms with E-state index in [1.54, 1.807) is 0 Å². The lowest BCUT2D eigenvalue weighted by Gasteiger charge is -2.18. The number of hydrogen-bond donors (Lipinski definition) is 0. The molecule has 0 aliphatic rings. The summed E-state index contributed by atoms with van der Waals surface area (Å²) in [5, 5.41) is -0.260. The Balaban J connectivity index is 2.43. The number of halogens is 7. The van der Waals surface area contributed by atoms with Crippen LogP contribution in [0.5, 0.6) is 11.5 Å². The van der Waals surface area contributed by atoms with Crippen molar-refractivity contribution in [3.63, 3.8) is 0 Å². The van der Waals surface area contributed by atoms with E-state index in [-0.39, 0.29) is 16.7 Å². The molecular weight excluding hydrogens is 435 g/mol. The number of hydrogen-bond acceptors (Lipinski definition) is 4. The van der Waals surface area contributed by atoms with Gasteiger partial charge in [0, 0.05) is 16.6 Å². The normalized spacial score (nSPS) is 12.2. The number of ether oxygens (including phenoxy) is 2. The predicted octanol–water partition coefficient (Wildman–Crippen LogP) is 6.00. The van der Waals surface area contributed by atoms with E-state index in [1.165, 1.54) is 13.2 Å². The van der Waals surface area contributed by atoms with Gasteiger partial charge in [0.05, 0.1) is 12.7 Å². The first kappa shape index (κ1) is 22.3. The minimum absolute atomic E-state index is 0.189. The van der Waals surface area contributed by atoms with Crippen LogP contribution in [-0.4, -0.2) is 30.4 Å². The Morgan fingerprint density at radius 1 is 1.00 bits per heavy atom. The number of aromatic nitrogens is 1. The van der Waals surface area contributed by atoms with Gasteiger partial charge in [0.2, 0.25) is 0 Å². The highest BCUT2D eigenvalue weighted by Gasteiger charge is 2.42. The predicted molar refractivity (Wildman–Crippen MR) is 95.5 cm³/mol. The summed E-state index contributed by atoms with van der Waals surface area (Å²) >= 11 is 0. The largest absolute Gasteiger partial charge is 0.573 e. The zero-order valence-electron chi connectivity index (χ0n) is 15.8. The maximum atomic E-state index is 14.3. The molecular formula is C20H12F7NO3. The quantitative estimate of drug-likeness (QED) is 0.364. The topological polar surface area (TPSA) is 48.4 Å². The molecule has 1 aromatic heterocycles. The molecule has 0 unspecified atom stereocenters. The van der Waals surface area contributed by atoms with Crippen molar-refractivity contribution in [1.82, 2.24) is 4.98 Å². The van der Waals surface area contributed by atoms with Crippen LogP contribution in [0.1, 0.15) is 16.1 Å². The third kappa shape index (κ3) is 4.39. The zero-order valence-corrected chi connectivity index (χ0v) is 15.8. The molecule has 3 rings (SSSR count). The Morgan fingerprint density at radius 3 is 2.23 bits per heavy atom. The molecule has 0 aliphatic carbocycles. The summed E-state index contributed by atoms with van der Waals surface area (Å²) in [6.45, 7) is 1.03.